The van der Waals surface area contributed by atoms with Gasteiger partial charge in [0.25, 0.3) is 3.79 Å². The van der Waals surface area contributed by atoms with Gasteiger partial charge in [-0.25, -0.2) is 13.4 Å². The molecule has 1 aliphatic carbocycles. The van der Waals surface area contributed by atoms with E-state index in [1.165, 1.54) is 0 Å². The van der Waals surface area contributed by atoms with E-state index in [1.807, 2.05) is 0 Å². The van der Waals surface area contributed by atoms with Crippen LogP contribution in [0.25, 0.3) is 0 Å². The summed E-state index contributed by atoms with van der Waals surface area (Å²) in [5, 5.41) is -0.707. The number of sulfone groups is 1. The van der Waals surface area contributed by atoms with Crippen molar-refractivity contribution in [1.82, 2.24) is 0 Å². The third kappa shape index (κ3) is 2.97. The van der Waals surface area contributed by atoms with Gasteiger partial charge in [-0.05, 0) is 38.3 Å². The van der Waals surface area contributed by atoms with Gasteiger partial charge in [0.1, 0.15) is 11.6 Å². The van der Waals surface area contributed by atoms with Crippen molar-refractivity contribution in [3.63, 3.8) is 0 Å². The number of benzene rings is 1. The smallest absolute Gasteiger partial charge is 0.266 e. The third-order valence-electron chi connectivity index (χ3n) is 4.52. The Morgan fingerprint density at radius 2 is 1.87 bits per heavy atom. The Morgan fingerprint density at radius 3 is 2.48 bits per heavy atom. The van der Waals surface area contributed by atoms with E-state index < -0.39 is 30.5 Å². The summed E-state index contributed by atoms with van der Waals surface area (Å²) in [6.07, 6.45) is 1.51. The van der Waals surface area contributed by atoms with Crippen LogP contribution in [0.1, 0.15) is 26.2 Å². The molecule has 8 heteroatoms. The lowest BCUT2D eigenvalue weighted by molar-refractivity contribution is 0.104. The fourth-order valence-electron chi connectivity index (χ4n) is 3.36. The monoisotopic (exact) mass is 395 g/mol. The second-order valence-corrected chi connectivity index (χ2v) is 10.4. The molecule has 0 amide bonds. The summed E-state index contributed by atoms with van der Waals surface area (Å²) >= 11 is 17.6. The average molecular weight is 397 g/mol. The van der Waals surface area contributed by atoms with E-state index in [0.717, 1.165) is 6.42 Å². The highest BCUT2D eigenvalue weighted by atomic mass is 35.6. The zero-order valence-electron chi connectivity index (χ0n) is 12.4. The number of alkyl halides is 3. The van der Waals surface area contributed by atoms with Crippen molar-refractivity contribution >= 4 is 50.5 Å². The zero-order chi connectivity index (χ0) is 16.9. The fraction of sp³-hybridized carbons (Fsp3) is 0.533. The first-order valence-corrected chi connectivity index (χ1v) is 9.96. The van der Waals surface area contributed by atoms with Crippen molar-refractivity contribution in [1.29, 1.82) is 0 Å². The Labute approximate surface area is 150 Å². The van der Waals surface area contributed by atoms with Crippen LogP contribution < -0.4 is 0 Å². The Kier molecular flexibility index (Phi) is 4.37. The summed E-state index contributed by atoms with van der Waals surface area (Å²) in [5.41, 5.74) is -0.952. The number of nitrogens with zero attached hydrogens (tertiary/aromatic N) is 1. The lowest BCUT2D eigenvalue weighted by Gasteiger charge is -2.39. The standard InChI is InChI=1S/C15H16Cl3NO3S/c1-14-11(22-13(19-14)15(16,17)18)8-5-9-12(14)23(20,21)10-6-3-2-4-7-10/h2-4,6-7,11-12H,5,8-9H2,1H3/t11-,12-,14-/m1/s1. The molecule has 2 aliphatic rings. The van der Waals surface area contributed by atoms with E-state index in [-0.39, 0.29) is 10.8 Å². The highest BCUT2D eigenvalue weighted by molar-refractivity contribution is 7.92. The van der Waals surface area contributed by atoms with Gasteiger partial charge in [0.05, 0.1) is 10.1 Å². The lowest BCUT2D eigenvalue weighted by atomic mass is 9.81. The molecule has 3 rings (SSSR count). The normalized spacial score (nSPS) is 31.2. The van der Waals surface area contributed by atoms with Gasteiger partial charge in [-0.15, -0.1) is 0 Å². The van der Waals surface area contributed by atoms with Gasteiger partial charge in [-0.1, -0.05) is 53.0 Å². The molecule has 1 saturated carbocycles. The largest absolute Gasteiger partial charge is 0.472 e. The van der Waals surface area contributed by atoms with Gasteiger partial charge in [-0.3, -0.25) is 0 Å². The van der Waals surface area contributed by atoms with Crippen LogP contribution in [0.2, 0.25) is 0 Å². The van der Waals surface area contributed by atoms with E-state index in [0.29, 0.717) is 12.8 Å². The number of aliphatic imine (C=N–C) groups is 1. The third-order valence-corrected chi connectivity index (χ3v) is 7.40. The molecule has 0 aromatic heterocycles. The molecular weight excluding hydrogens is 381 g/mol. The molecular formula is C15H16Cl3NO3S. The Morgan fingerprint density at radius 1 is 1.22 bits per heavy atom. The van der Waals surface area contributed by atoms with E-state index in [4.69, 9.17) is 39.5 Å². The van der Waals surface area contributed by atoms with Crippen LogP contribution in [0.15, 0.2) is 40.2 Å². The number of rotatable bonds is 2. The minimum absolute atomic E-state index is 0.0230. The highest BCUT2D eigenvalue weighted by Gasteiger charge is 2.57. The first kappa shape index (κ1) is 17.3. The number of hydrogen-bond acceptors (Lipinski definition) is 4. The van der Waals surface area contributed by atoms with Crippen LogP contribution >= 0.6 is 34.8 Å². The predicted octanol–water partition coefficient (Wildman–Crippen LogP) is 3.94. The molecule has 0 bridgehead atoms. The first-order valence-electron chi connectivity index (χ1n) is 7.28. The second kappa shape index (κ2) is 5.80. The van der Waals surface area contributed by atoms with Crippen LogP contribution in [0.3, 0.4) is 0 Å². The van der Waals surface area contributed by atoms with Gasteiger partial charge in [0, 0.05) is 0 Å². The quantitative estimate of drug-likeness (QED) is 0.711. The predicted molar refractivity (Wildman–Crippen MR) is 92.3 cm³/mol. The summed E-state index contributed by atoms with van der Waals surface area (Å²) in [7, 11) is -3.56. The maximum Gasteiger partial charge on any atom is 0.266 e. The minimum Gasteiger partial charge on any atom is -0.472 e. The number of ether oxygens (including phenoxy) is 1. The van der Waals surface area contributed by atoms with Gasteiger partial charge in [-0.2, -0.15) is 0 Å². The Balaban J connectivity index is 2.05. The summed E-state index contributed by atoms with van der Waals surface area (Å²) in [4.78, 5) is 4.69. The summed E-state index contributed by atoms with van der Waals surface area (Å²) in [6, 6.07) is 8.38. The average Bonchev–Trinajstić information content (AvgIpc) is 2.85. The minimum atomic E-state index is -3.56. The van der Waals surface area contributed by atoms with Crippen molar-refractivity contribution in [3.8, 4) is 0 Å². The Hall–Kier alpha value is -0.490. The van der Waals surface area contributed by atoms with Crippen LogP contribution in [-0.4, -0.2) is 35.0 Å². The van der Waals surface area contributed by atoms with Crippen LogP contribution in [-0.2, 0) is 14.6 Å². The van der Waals surface area contributed by atoms with Gasteiger partial charge < -0.3 is 4.74 Å². The van der Waals surface area contributed by atoms with E-state index in [2.05, 4.69) is 4.99 Å². The van der Waals surface area contributed by atoms with E-state index in [1.54, 1.807) is 37.3 Å². The molecule has 1 fully saturated rings. The second-order valence-electron chi connectivity index (χ2n) is 6.02. The van der Waals surface area contributed by atoms with Crippen molar-refractivity contribution in [3.05, 3.63) is 30.3 Å². The molecule has 4 nitrogen and oxygen atoms in total. The Bertz CT molecular complexity index is 730. The molecule has 0 spiro atoms. The van der Waals surface area contributed by atoms with Gasteiger partial charge in [0.15, 0.2) is 9.84 Å². The molecule has 3 atom stereocenters. The van der Waals surface area contributed by atoms with Crippen LogP contribution in [0, 0.1) is 0 Å². The topological polar surface area (TPSA) is 55.7 Å². The van der Waals surface area contributed by atoms with Crippen LogP contribution in [0.4, 0.5) is 0 Å². The zero-order valence-corrected chi connectivity index (χ0v) is 15.5. The molecule has 0 unspecified atom stereocenters. The van der Waals surface area contributed by atoms with Crippen molar-refractivity contribution in [2.45, 2.75) is 51.8 Å². The molecule has 1 aromatic carbocycles. The molecule has 1 aromatic rings. The van der Waals surface area contributed by atoms with Gasteiger partial charge >= 0.3 is 0 Å². The van der Waals surface area contributed by atoms with E-state index in [9.17, 15) is 8.42 Å². The number of fused-ring (bicyclic) bond motifs is 1. The maximum atomic E-state index is 13.1. The van der Waals surface area contributed by atoms with Crippen molar-refractivity contribution < 1.29 is 13.2 Å². The molecule has 0 N–H and O–H groups in total. The summed E-state index contributed by atoms with van der Waals surface area (Å²) in [5.74, 6) is -0.0230. The SMILES string of the molecule is C[C@@]12N=C(C(Cl)(Cl)Cl)O[C@@H]1CCC[C@H]2S(=O)(=O)c1ccccc1. The maximum absolute atomic E-state index is 13.1. The summed E-state index contributed by atoms with van der Waals surface area (Å²) in [6.45, 7) is 1.77. The fourth-order valence-corrected chi connectivity index (χ4v) is 5.79. The van der Waals surface area contributed by atoms with Gasteiger partial charge in [0.2, 0.25) is 5.90 Å². The molecule has 1 aliphatic heterocycles. The molecule has 126 valence electrons. The lowest BCUT2D eigenvalue weighted by Crippen LogP contribution is -2.52. The molecule has 1 heterocycles. The molecule has 0 radical (unpaired) electrons. The van der Waals surface area contributed by atoms with Crippen LogP contribution in [0.5, 0.6) is 0 Å². The number of hydrogen-bond donors (Lipinski definition) is 0. The van der Waals surface area contributed by atoms with E-state index >= 15 is 0 Å². The van der Waals surface area contributed by atoms with Crippen molar-refractivity contribution in [2.75, 3.05) is 0 Å². The molecule has 0 saturated heterocycles. The van der Waals surface area contributed by atoms with Crippen molar-refractivity contribution in [2.24, 2.45) is 4.99 Å². The number of halogens is 3. The highest BCUT2D eigenvalue weighted by Crippen LogP contribution is 2.46. The summed E-state index contributed by atoms with van der Waals surface area (Å²) < 4.78 is 30.0. The molecule has 23 heavy (non-hydrogen) atoms. The first-order chi connectivity index (χ1) is 10.7.